The van der Waals surface area contributed by atoms with Crippen molar-refractivity contribution in [1.29, 1.82) is 0 Å². The molecule has 1 aromatic rings. The largest absolute Gasteiger partial charge is 0.445 e. The molecule has 1 heterocycles. The second-order valence-electron chi connectivity index (χ2n) is 3.59. The van der Waals surface area contributed by atoms with E-state index in [1.165, 1.54) is 0 Å². The van der Waals surface area contributed by atoms with Gasteiger partial charge in [-0.2, -0.15) is 13.2 Å². The molecule has 0 aromatic carbocycles. The number of anilines is 1. The summed E-state index contributed by atoms with van der Waals surface area (Å²) in [5.41, 5.74) is 0. The lowest BCUT2D eigenvalue weighted by atomic mass is 10.4. The molecule has 0 saturated heterocycles. The fourth-order valence-corrected chi connectivity index (χ4v) is 2.79. The van der Waals surface area contributed by atoms with E-state index < -0.39 is 22.0 Å². The zero-order valence-corrected chi connectivity index (χ0v) is 11.1. The van der Waals surface area contributed by atoms with Crippen LogP contribution in [0.4, 0.5) is 18.3 Å². The van der Waals surface area contributed by atoms with Gasteiger partial charge in [0.15, 0.2) is 0 Å². The van der Waals surface area contributed by atoms with Crippen LogP contribution < -0.4 is 4.90 Å². The highest BCUT2D eigenvalue weighted by molar-refractivity contribution is 7.84. The summed E-state index contributed by atoms with van der Waals surface area (Å²) in [7, 11) is 0.602. The average Bonchev–Trinajstić information content (AvgIpc) is 2.63. The summed E-state index contributed by atoms with van der Waals surface area (Å²) >= 11 is 0.483. The minimum atomic E-state index is -4.46. The molecule has 0 saturated carbocycles. The Kier molecular flexibility index (Phi) is 4.48. The normalized spacial score (nSPS) is 15.6. The third kappa shape index (κ3) is 3.91. The van der Waals surface area contributed by atoms with Crippen LogP contribution in [0.25, 0.3) is 0 Å². The van der Waals surface area contributed by atoms with E-state index in [1.807, 2.05) is 0 Å². The van der Waals surface area contributed by atoms with Crippen molar-refractivity contribution < 1.29 is 17.4 Å². The predicted molar refractivity (Wildman–Crippen MR) is 61.7 cm³/mol. The topological polar surface area (TPSA) is 46.1 Å². The minimum Gasteiger partial charge on any atom is -0.346 e. The van der Waals surface area contributed by atoms with Crippen molar-refractivity contribution in [2.45, 2.75) is 19.1 Å². The maximum absolute atomic E-state index is 12.3. The van der Waals surface area contributed by atoms with Crippen LogP contribution in [0.15, 0.2) is 0 Å². The van der Waals surface area contributed by atoms with E-state index in [2.05, 4.69) is 10.2 Å². The molecule has 0 aliphatic carbocycles. The molecule has 0 bridgehead atoms. The van der Waals surface area contributed by atoms with Crippen LogP contribution in [-0.2, 0) is 17.0 Å². The van der Waals surface area contributed by atoms with Crippen molar-refractivity contribution in [3.8, 4) is 0 Å². The fraction of sp³-hybridized carbons (Fsp3) is 0.750. The molecule has 1 aromatic heterocycles. The highest BCUT2D eigenvalue weighted by Crippen LogP contribution is 2.34. The average molecular weight is 287 g/mol. The Morgan fingerprint density at radius 3 is 2.47 bits per heavy atom. The van der Waals surface area contributed by atoms with Crippen LogP contribution in [0.1, 0.15) is 11.9 Å². The van der Waals surface area contributed by atoms with Gasteiger partial charge in [0.25, 0.3) is 0 Å². The fourth-order valence-electron chi connectivity index (χ4n) is 1.11. The molecular weight excluding hydrogens is 275 g/mol. The first-order valence-electron chi connectivity index (χ1n) is 4.65. The lowest BCUT2D eigenvalue weighted by molar-refractivity contribution is -0.138. The molecule has 17 heavy (non-hydrogen) atoms. The lowest BCUT2D eigenvalue weighted by Crippen LogP contribution is -2.33. The number of halogens is 3. The Morgan fingerprint density at radius 1 is 1.47 bits per heavy atom. The first kappa shape index (κ1) is 14.4. The van der Waals surface area contributed by atoms with Gasteiger partial charge in [-0.25, -0.2) is 0 Å². The van der Waals surface area contributed by atoms with Crippen molar-refractivity contribution in [2.75, 3.05) is 24.0 Å². The monoisotopic (exact) mass is 287 g/mol. The third-order valence-electron chi connectivity index (χ3n) is 2.10. The van der Waals surface area contributed by atoms with E-state index in [1.54, 1.807) is 25.1 Å². The summed E-state index contributed by atoms with van der Waals surface area (Å²) in [5.74, 6) is 0.372. The van der Waals surface area contributed by atoms with Crippen LogP contribution in [0, 0.1) is 0 Å². The van der Waals surface area contributed by atoms with E-state index in [0.717, 1.165) is 0 Å². The molecule has 0 aliphatic heterocycles. The molecule has 2 atom stereocenters. The molecule has 98 valence electrons. The third-order valence-corrected chi connectivity index (χ3v) is 4.11. The van der Waals surface area contributed by atoms with Crippen LogP contribution in [0.5, 0.6) is 0 Å². The van der Waals surface area contributed by atoms with E-state index in [4.69, 9.17) is 0 Å². The Labute approximate surface area is 103 Å². The van der Waals surface area contributed by atoms with E-state index in [0.29, 0.717) is 17.1 Å². The molecule has 9 heteroatoms. The highest BCUT2D eigenvalue weighted by Gasteiger charge is 2.36. The zero-order valence-electron chi connectivity index (χ0n) is 9.48. The van der Waals surface area contributed by atoms with Gasteiger partial charge in [-0.3, -0.25) is 4.21 Å². The first-order valence-corrected chi connectivity index (χ1v) is 7.19. The zero-order chi connectivity index (χ0) is 13.2. The van der Waals surface area contributed by atoms with Gasteiger partial charge < -0.3 is 4.90 Å². The quantitative estimate of drug-likeness (QED) is 0.846. The van der Waals surface area contributed by atoms with Crippen molar-refractivity contribution in [3.63, 3.8) is 0 Å². The molecule has 4 nitrogen and oxygen atoms in total. The van der Waals surface area contributed by atoms with E-state index >= 15 is 0 Å². The Hall–Kier alpha value is -0.700. The molecule has 0 radical (unpaired) electrons. The SMILES string of the molecule is C[C@@H](C[S@@](C)=O)N(C)c1nnc(C(F)(F)F)s1. The van der Waals surface area contributed by atoms with Crippen LogP contribution in [0.3, 0.4) is 0 Å². The summed E-state index contributed by atoms with van der Waals surface area (Å²) in [6.07, 6.45) is -2.92. The lowest BCUT2D eigenvalue weighted by Gasteiger charge is -2.22. The Balaban J connectivity index is 2.79. The number of alkyl halides is 3. The molecule has 1 rings (SSSR count). The predicted octanol–water partition coefficient (Wildman–Crippen LogP) is 1.76. The molecule has 0 spiro atoms. The number of rotatable bonds is 4. The molecule has 0 fully saturated rings. The number of hydrogen-bond donors (Lipinski definition) is 0. The molecule has 0 amide bonds. The minimum absolute atomic E-state index is 0.158. The Morgan fingerprint density at radius 2 is 2.06 bits per heavy atom. The van der Waals surface area contributed by atoms with Crippen molar-refractivity contribution in [1.82, 2.24) is 10.2 Å². The summed E-state index contributed by atoms with van der Waals surface area (Å²) in [4.78, 5) is 1.55. The summed E-state index contributed by atoms with van der Waals surface area (Å²) in [6, 6.07) is -0.158. The summed E-state index contributed by atoms with van der Waals surface area (Å²) in [5, 5.41) is 5.79. The Bertz CT molecular complexity index is 407. The van der Waals surface area contributed by atoms with Gasteiger partial charge in [-0.05, 0) is 6.92 Å². The van der Waals surface area contributed by atoms with E-state index in [-0.39, 0.29) is 11.2 Å². The van der Waals surface area contributed by atoms with Gasteiger partial charge in [0.05, 0.1) is 0 Å². The van der Waals surface area contributed by atoms with Crippen molar-refractivity contribution in [3.05, 3.63) is 5.01 Å². The second-order valence-corrected chi connectivity index (χ2v) is 6.02. The van der Waals surface area contributed by atoms with Crippen LogP contribution in [-0.4, -0.2) is 39.5 Å². The number of nitrogens with zero attached hydrogens (tertiary/aromatic N) is 3. The van der Waals surface area contributed by atoms with E-state index in [9.17, 15) is 17.4 Å². The van der Waals surface area contributed by atoms with Gasteiger partial charge in [0.2, 0.25) is 10.1 Å². The maximum Gasteiger partial charge on any atom is 0.445 e. The molecule has 0 unspecified atom stereocenters. The number of hydrogen-bond acceptors (Lipinski definition) is 5. The van der Waals surface area contributed by atoms with Gasteiger partial charge in [0.1, 0.15) is 0 Å². The van der Waals surface area contributed by atoms with Gasteiger partial charge in [-0.15, -0.1) is 10.2 Å². The standard InChI is InChI=1S/C8H12F3N3OS2/c1-5(4-17(3)15)14(2)7-13-12-6(16-7)8(9,10)11/h5H,4H2,1-3H3/t5-,17+/m0/s1. The van der Waals surface area contributed by atoms with Crippen molar-refractivity contribution in [2.24, 2.45) is 0 Å². The highest BCUT2D eigenvalue weighted by atomic mass is 32.2. The van der Waals surface area contributed by atoms with Gasteiger partial charge in [0, 0.05) is 35.9 Å². The summed E-state index contributed by atoms with van der Waals surface area (Å²) < 4.78 is 48.0. The summed E-state index contributed by atoms with van der Waals surface area (Å²) in [6.45, 7) is 1.77. The first-order chi connectivity index (χ1) is 7.71. The van der Waals surface area contributed by atoms with Crippen LogP contribution in [0.2, 0.25) is 0 Å². The van der Waals surface area contributed by atoms with Crippen LogP contribution >= 0.6 is 11.3 Å². The smallest absolute Gasteiger partial charge is 0.346 e. The van der Waals surface area contributed by atoms with Gasteiger partial charge in [-0.1, -0.05) is 11.3 Å². The molecule has 0 N–H and O–H groups in total. The maximum atomic E-state index is 12.3. The van der Waals surface area contributed by atoms with Gasteiger partial charge >= 0.3 is 6.18 Å². The number of aromatic nitrogens is 2. The van der Waals surface area contributed by atoms with Crippen molar-refractivity contribution >= 4 is 27.3 Å². The second kappa shape index (κ2) is 5.30. The molecule has 0 aliphatic rings. The molecular formula is C8H12F3N3OS2.